The van der Waals surface area contributed by atoms with Crippen LogP contribution in [0.3, 0.4) is 0 Å². The molecule has 0 spiro atoms. The Balaban J connectivity index is 1.71. The molecular weight excluding hydrogens is 218 g/mol. The molecule has 0 saturated heterocycles. The minimum atomic E-state index is 0.813. The van der Waals surface area contributed by atoms with Crippen LogP contribution in [-0.2, 0) is 0 Å². The Bertz CT molecular complexity index is 200. The quantitative estimate of drug-likeness (QED) is 0.685. The van der Waals surface area contributed by atoms with Crippen LogP contribution in [0.15, 0.2) is 0 Å². The van der Waals surface area contributed by atoms with Crippen molar-refractivity contribution in [2.45, 2.75) is 90.0 Å². The van der Waals surface area contributed by atoms with Crippen LogP contribution in [0.2, 0.25) is 0 Å². The van der Waals surface area contributed by atoms with E-state index in [1.807, 2.05) is 0 Å². The monoisotopic (exact) mass is 251 g/mol. The van der Waals surface area contributed by atoms with Crippen molar-refractivity contribution >= 4 is 0 Å². The molecule has 2 aliphatic carbocycles. The van der Waals surface area contributed by atoms with E-state index >= 15 is 0 Å². The Morgan fingerprint density at radius 2 is 1.39 bits per heavy atom. The second-order valence-corrected chi connectivity index (χ2v) is 6.68. The molecule has 2 fully saturated rings. The number of rotatable bonds is 5. The predicted octanol–water partition coefficient (Wildman–Crippen LogP) is 4.91. The summed E-state index contributed by atoms with van der Waals surface area (Å²) >= 11 is 0. The van der Waals surface area contributed by atoms with E-state index in [4.69, 9.17) is 0 Å². The minimum absolute atomic E-state index is 0.813. The van der Waals surface area contributed by atoms with Gasteiger partial charge in [-0.2, -0.15) is 0 Å². The largest absolute Gasteiger partial charge is 0.313 e. The lowest BCUT2D eigenvalue weighted by atomic mass is 9.82. The fourth-order valence-corrected chi connectivity index (χ4v) is 4.07. The first-order chi connectivity index (χ1) is 8.90. The molecule has 0 aromatic carbocycles. The summed E-state index contributed by atoms with van der Waals surface area (Å²) in [5.41, 5.74) is 0. The Labute approximate surface area is 114 Å². The number of nitrogens with one attached hydrogen (secondary N) is 1. The molecule has 106 valence electrons. The summed E-state index contributed by atoms with van der Waals surface area (Å²) in [5, 5.41) is 3.94. The predicted molar refractivity (Wildman–Crippen MR) is 79.8 cm³/mol. The van der Waals surface area contributed by atoms with Crippen molar-refractivity contribution in [1.29, 1.82) is 0 Å². The van der Waals surface area contributed by atoms with Gasteiger partial charge in [0, 0.05) is 6.04 Å². The summed E-state index contributed by atoms with van der Waals surface area (Å²) in [7, 11) is 0. The molecule has 1 heteroatoms. The van der Waals surface area contributed by atoms with E-state index in [-0.39, 0.29) is 0 Å². The van der Waals surface area contributed by atoms with Crippen LogP contribution in [0.25, 0.3) is 0 Å². The summed E-state index contributed by atoms with van der Waals surface area (Å²) in [5.74, 6) is 1.96. The molecule has 18 heavy (non-hydrogen) atoms. The zero-order chi connectivity index (χ0) is 12.6. The highest BCUT2D eigenvalue weighted by molar-refractivity contribution is 4.79. The topological polar surface area (TPSA) is 12.0 Å². The molecule has 2 saturated carbocycles. The van der Waals surface area contributed by atoms with Gasteiger partial charge in [-0.25, -0.2) is 0 Å². The fourth-order valence-electron chi connectivity index (χ4n) is 4.07. The summed E-state index contributed by atoms with van der Waals surface area (Å²) < 4.78 is 0. The van der Waals surface area contributed by atoms with Crippen LogP contribution < -0.4 is 5.32 Å². The lowest BCUT2D eigenvalue weighted by molar-refractivity contribution is 0.249. The lowest BCUT2D eigenvalue weighted by Gasteiger charge is -2.31. The SMILES string of the molecule is CCC(NCC1CCCCCC1)C1CCCCC1. The highest BCUT2D eigenvalue weighted by Gasteiger charge is 2.22. The molecule has 2 aliphatic rings. The van der Waals surface area contributed by atoms with E-state index in [0.29, 0.717) is 0 Å². The fraction of sp³-hybridized carbons (Fsp3) is 1.00. The summed E-state index contributed by atoms with van der Waals surface area (Å²) in [6, 6.07) is 0.813. The van der Waals surface area contributed by atoms with Crippen molar-refractivity contribution in [2.75, 3.05) is 6.54 Å². The van der Waals surface area contributed by atoms with Crippen molar-refractivity contribution < 1.29 is 0 Å². The first kappa shape index (κ1) is 14.4. The molecular formula is C17H33N. The molecule has 0 radical (unpaired) electrons. The highest BCUT2D eigenvalue weighted by atomic mass is 14.9. The third-order valence-electron chi connectivity index (χ3n) is 5.30. The van der Waals surface area contributed by atoms with Crippen molar-refractivity contribution in [3.05, 3.63) is 0 Å². The van der Waals surface area contributed by atoms with E-state index in [1.54, 1.807) is 0 Å². The molecule has 1 N–H and O–H groups in total. The van der Waals surface area contributed by atoms with Gasteiger partial charge in [0.15, 0.2) is 0 Å². The second kappa shape index (κ2) is 8.19. The molecule has 1 atom stereocenters. The van der Waals surface area contributed by atoms with E-state index in [1.165, 1.54) is 83.6 Å². The first-order valence-electron chi connectivity index (χ1n) is 8.63. The van der Waals surface area contributed by atoms with Crippen LogP contribution in [0, 0.1) is 11.8 Å². The molecule has 0 aromatic rings. The van der Waals surface area contributed by atoms with Crippen LogP contribution in [0.4, 0.5) is 0 Å². The van der Waals surface area contributed by atoms with E-state index in [9.17, 15) is 0 Å². The lowest BCUT2D eigenvalue weighted by Crippen LogP contribution is -2.39. The van der Waals surface area contributed by atoms with Gasteiger partial charge in [0.25, 0.3) is 0 Å². The van der Waals surface area contributed by atoms with E-state index in [0.717, 1.165) is 17.9 Å². The minimum Gasteiger partial charge on any atom is -0.313 e. The van der Waals surface area contributed by atoms with Crippen LogP contribution in [0.5, 0.6) is 0 Å². The van der Waals surface area contributed by atoms with Gasteiger partial charge in [-0.05, 0) is 50.5 Å². The van der Waals surface area contributed by atoms with Crippen molar-refractivity contribution in [3.8, 4) is 0 Å². The molecule has 1 unspecified atom stereocenters. The third kappa shape index (κ3) is 4.57. The van der Waals surface area contributed by atoms with E-state index in [2.05, 4.69) is 12.2 Å². The Kier molecular flexibility index (Phi) is 6.54. The molecule has 1 nitrogen and oxygen atoms in total. The van der Waals surface area contributed by atoms with Gasteiger partial charge in [-0.15, -0.1) is 0 Å². The zero-order valence-corrected chi connectivity index (χ0v) is 12.4. The average Bonchev–Trinajstić information content (AvgIpc) is 2.69. The van der Waals surface area contributed by atoms with Gasteiger partial charge < -0.3 is 5.32 Å². The van der Waals surface area contributed by atoms with Crippen molar-refractivity contribution in [2.24, 2.45) is 11.8 Å². The Hall–Kier alpha value is -0.0400. The maximum atomic E-state index is 3.94. The average molecular weight is 251 g/mol. The van der Waals surface area contributed by atoms with Crippen LogP contribution in [-0.4, -0.2) is 12.6 Å². The molecule has 0 aromatic heterocycles. The molecule has 2 rings (SSSR count). The zero-order valence-electron chi connectivity index (χ0n) is 12.4. The Morgan fingerprint density at radius 3 is 2.00 bits per heavy atom. The Morgan fingerprint density at radius 1 is 0.833 bits per heavy atom. The van der Waals surface area contributed by atoms with Gasteiger partial charge in [-0.3, -0.25) is 0 Å². The van der Waals surface area contributed by atoms with Gasteiger partial charge in [0.05, 0.1) is 0 Å². The van der Waals surface area contributed by atoms with Crippen molar-refractivity contribution in [1.82, 2.24) is 5.32 Å². The third-order valence-corrected chi connectivity index (χ3v) is 5.30. The van der Waals surface area contributed by atoms with Gasteiger partial charge in [-0.1, -0.05) is 51.9 Å². The second-order valence-electron chi connectivity index (χ2n) is 6.68. The van der Waals surface area contributed by atoms with Gasteiger partial charge >= 0.3 is 0 Å². The van der Waals surface area contributed by atoms with Crippen LogP contribution >= 0.6 is 0 Å². The summed E-state index contributed by atoms with van der Waals surface area (Å²) in [4.78, 5) is 0. The van der Waals surface area contributed by atoms with E-state index < -0.39 is 0 Å². The smallest absolute Gasteiger partial charge is 0.00928 e. The number of hydrogen-bond donors (Lipinski definition) is 1. The summed E-state index contributed by atoms with van der Waals surface area (Å²) in [6.45, 7) is 3.67. The van der Waals surface area contributed by atoms with Gasteiger partial charge in [0.2, 0.25) is 0 Å². The van der Waals surface area contributed by atoms with Crippen LogP contribution in [0.1, 0.15) is 84.0 Å². The summed E-state index contributed by atoms with van der Waals surface area (Å²) in [6.07, 6.45) is 17.6. The maximum absolute atomic E-state index is 3.94. The number of hydrogen-bond acceptors (Lipinski definition) is 1. The standard InChI is InChI=1S/C17H33N/c1-2-17(16-12-8-5-9-13-16)18-14-15-10-6-3-4-7-11-15/h15-18H,2-14H2,1H3. The molecule has 0 bridgehead atoms. The highest BCUT2D eigenvalue weighted by Crippen LogP contribution is 2.28. The molecule has 0 heterocycles. The first-order valence-corrected chi connectivity index (χ1v) is 8.63. The normalized spacial score (nSPS) is 25.8. The molecule has 0 amide bonds. The van der Waals surface area contributed by atoms with Crippen molar-refractivity contribution in [3.63, 3.8) is 0 Å². The molecule has 0 aliphatic heterocycles. The maximum Gasteiger partial charge on any atom is 0.00928 e. The van der Waals surface area contributed by atoms with Gasteiger partial charge in [0.1, 0.15) is 0 Å².